The van der Waals surface area contributed by atoms with Crippen LogP contribution in [0.25, 0.3) is 0 Å². The van der Waals surface area contributed by atoms with Gasteiger partial charge in [0.2, 0.25) is 5.78 Å². The highest BCUT2D eigenvalue weighted by atomic mass is 33.1. The molecule has 1 heterocycles. The van der Waals surface area contributed by atoms with E-state index in [1.165, 1.54) is 21.6 Å². The average Bonchev–Trinajstić information content (AvgIpc) is 2.50. The van der Waals surface area contributed by atoms with Gasteiger partial charge >= 0.3 is 7.82 Å². The van der Waals surface area contributed by atoms with Gasteiger partial charge in [0.25, 0.3) is 0 Å². The van der Waals surface area contributed by atoms with Gasteiger partial charge < -0.3 is 19.6 Å². The summed E-state index contributed by atoms with van der Waals surface area (Å²) in [6.45, 7) is -1.04. The first kappa shape index (κ1) is 21.9. The summed E-state index contributed by atoms with van der Waals surface area (Å²) in [6.07, 6.45) is 0.843. The first-order valence-electron chi connectivity index (χ1n) is 7.03. The maximum atomic E-state index is 12.6. The van der Waals surface area contributed by atoms with Crippen molar-refractivity contribution in [2.24, 2.45) is 0 Å². The molecule has 1 aliphatic heterocycles. The zero-order valence-electron chi connectivity index (χ0n) is 13.7. The molecular formula is C13H23NO7PS2+. The van der Waals surface area contributed by atoms with Crippen LogP contribution in [-0.4, -0.2) is 78.5 Å². The van der Waals surface area contributed by atoms with E-state index in [4.69, 9.17) is 9.63 Å². The summed E-state index contributed by atoms with van der Waals surface area (Å²) in [4.78, 5) is 22.8. The normalized spacial score (nSPS) is 20.2. The number of nitrogens with zero attached hydrogens (tertiary/aromatic N) is 1. The second kappa shape index (κ2) is 9.51. The molecule has 0 saturated carbocycles. The highest BCUT2D eigenvalue weighted by Gasteiger charge is 2.36. The van der Waals surface area contributed by atoms with Crippen LogP contribution in [0.4, 0.5) is 0 Å². The van der Waals surface area contributed by atoms with Crippen molar-refractivity contribution in [2.75, 3.05) is 40.9 Å². The number of aliphatic hydroxyl groups excluding tert-OH is 2. The third-order valence-corrected chi connectivity index (χ3v) is 5.71. The minimum absolute atomic E-state index is 0.154. The first-order valence-corrected chi connectivity index (χ1v) is 10.7. The van der Waals surface area contributed by atoms with E-state index in [0.717, 1.165) is 0 Å². The van der Waals surface area contributed by atoms with Crippen LogP contribution in [-0.2, 0) is 18.4 Å². The molecule has 0 bridgehead atoms. The summed E-state index contributed by atoms with van der Waals surface area (Å²) in [5.41, 5.74) is 0. The van der Waals surface area contributed by atoms with E-state index >= 15 is 0 Å². The molecule has 0 fully saturated rings. The Morgan fingerprint density at radius 3 is 2.58 bits per heavy atom. The summed E-state index contributed by atoms with van der Waals surface area (Å²) in [5, 5.41) is 19.7. The quantitative estimate of drug-likeness (QED) is 0.280. The fourth-order valence-corrected chi connectivity index (χ4v) is 4.27. The third kappa shape index (κ3) is 8.28. The van der Waals surface area contributed by atoms with Crippen molar-refractivity contribution in [3.8, 4) is 0 Å². The molecule has 0 aromatic carbocycles. The molecule has 0 amide bonds. The molecule has 24 heavy (non-hydrogen) atoms. The molecule has 3 atom stereocenters. The smallest absolute Gasteiger partial charge is 0.394 e. The number of likely N-dealkylation sites (N-methyl/N-ethyl adjacent to an activating group) is 1. The van der Waals surface area contributed by atoms with Gasteiger partial charge in [0.05, 0.1) is 39.3 Å². The van der Waals surface area contributed by atoms with Gasteiger partial charge in [0, 0.05) is 0 Å². The standard InChI is InChI=1S/C13H22NO7PS2/c1-14(2,3)7-11(13(17)12-5-4-6-23-24-12)21-22(18,19)20-9-10(16)8-15/h4-6,10-11,15-16H,7-9H2,1-3H3/p+1/t10-,11?/m1/s1. The molecule has 0 saturated heterocycles. The molecule has 0 spiro atoms. The molecule has 2 unspecified atom stereocenters. The van der Waals surface area contributed by atoms with Crippen LogP contribution in [0.1, 0.15) is 0 Å². The van der Waals surface area contributed by atoms with Gasteiger partial charge in [-0.2, -0.15) is 0 Å². The first-order chi connectivity index (χ1) is 11.0. The number of allylic oxidation sites excluding steroid dienone is 2. The van der Waals surface area contributed by atoms with E-state index in [0.29, 0.717) is 9.39 Å². The lowest BCUT2D eigenvalue weighted by Gasteiger charge is -2.29. The monoisotopic (exact) mass is 400 g/mol. The number of carbonyl (C=O) groups excluding carboxylic acids is 1. The van der Waals surface area contributed by atoms with E-state index in [9.17, 15) is 19.4 Å². The SMILES string of the molecule is C[N+](C)(C)CC(OP(=O)(O)OC[C@H](O)CO)C(=O)C1=CC=CSS1. The van der Waals surface area contributed by atoms with Crippen molar-refractivity contribution in [1.82, 2.24) is 0 Å². The highest BCUT2D eigenvalue weighted by Crippen LogP contribution is 2.46. The topological polar surface area (TPSA) is 113 Å². The van der Waals surface area contributed by atoms with Crippen LogP contribution in [0.15, 0.2) is 22.5 Å². The Bertz CT molecular complexity index is 547. The molecule has 11 heteroatoms. The molecule has 8 nitrogen and oxygen atoms in total. The molecular weight excluding hydrogens is 377 g/mol. The zero-order chi connectivity index (χ0) is 18.4. The minimum atomic E-state index is -4.57. The third-order valence-electron chi connectivity index (χ3n) is 2.67. The highest BCUT2D eigenvalue weighted by molar-refractivity contribution is 8.79. The van der Waals surface area contributed by atoms with E-state index in [1.807, 2.05) is 26.6 Å². The summed E-state index contributed by atoms with van der Waals surface area (Å²) in [5.74, 6) is -0.412. The fraction of sp³-hybridized carbons (Fsp3) is 0.615. The van der Waals surface area contributed by atoms with E-state index < -0.39 is 39.0 Å². The Balaban J connectivity index is 2.85. The number of phosphoric acid groups is 1. The van der Waals surface area contributed by atoms with Crippen molar-refractivity contribution in [3.05, 3.63) is 22.5 Å². The van der Waals surface area contributed by atoms with Gasteiger partial charge in [-0.25, -0.2) is 4.57 Å². The number of hydrogen-bond donors (Lipinski definition) is 3. The van der Waals surface area contributed by atoms with E-state index in [2.05, 4.69) is 4.52 Å². The van der Waals surface area contributed by atoms with Gasteiger partial charge in [0.1, 0.15) is 12.6 Å². The summed E-state index contributed by atoms with van der Waals surface area (Å²) in [6, 6.07) is 0. The van der Waals surface area contributed by atoms with Crippen LogP contribution in [0.5, 0.6) is 0 Å². The maximum Gasteiger partial charge on any atom is 0.473 e. The number of phosphoric ester groups is 1. The maximum absolute atomic E-state index is 12.6. The number of aliphatic hydroxyl groups is 2. The predicted molar refractivity (Wildman–Crippen MR) is 94.1 cm³/mol. The molecule has 0 radical (unpaired) electrons. The predicted octanol–water partition coefficient (Wildman–Crippen LogP) is 0.910. The fourth-order valence-electron chi connectivity index (χ4n) is 1.63. The Kier molecular flexibility index (Phi) is 8.67. The lowest BCUT2D eigenvalue weighted by atomic mass is 10.2. The lowest BCUT2D eigenvalue weighted by molar-refractivity contribution is -0.872. The average molecular weight is 400 g/mol. The molecule has 0 aromatic rings. The second-order valence-electron chi connectivity index (χ2n) is 6.07. The summed E-state index contributed by atoms with van der Waals surface area (Å²) < 4.78 is 22.1. The number of rotatable bonds is 10. The van der Waals surface area contributed by atoms with Crippen molar-refractivity contribution in [3.63, 3.8) is 0 Å². The van der Waals surface area contributed by atoms with Crippen LogP contribution < -0.4 is 0 Å². The van der Waals surface area contributed by atoms with Crippen molar-refractivity contribution < 1.29 is 38.0 Å². The van der Waals surface area contributed by atoms with Gasteiger partial charge in [0.15, 0.2) is 6.10 Å². The van der Waals surface area contributed by atoms with Crippen molar-refractivity contribution in [1.29, 1.82) is 0 Å². The molecule has 0 aromatic heterocycles. The van der Waals surface area contributed by atoms with E-state index in [-0.39, 0.29) is 6.54 Å². The van der Waals surface area contributed by atoms with Gasteiger partial charge in [-0.15, -0.1) is 0 Å². The Morgan fingerprint density at radius 1 is 1.42 bits per heavy atom. The molecule has 138 valence electrons. The number of Topliss-reactive ketones (excluding diaryl/α,β-unsaturated/α-hetero) is 1. The van der Waals surface area contributed by atoms with E-state index in [1.54, 1.807) is 12.2 Å². The lowest BCUT2D eigenvalue weighted by Crippen LogP contribution is -2.45. The largest absolute Gasteiger partial charge is 0.473 e. The molecule has 0 aliphatic carbocycles. The van der Waals surface area contributed by atoms with Gasteiger partial charge in [-0.1, -0.05) is 16.9 Å². The Labute approximate surface area is 149 Å². The number of carbonyl (C=O) groups is 1. The van der Waals surface area contributed by atoms with Crippen LogP contribution in [0.3, 0.4) is 0 Å². The minimum Gasteiger partial charge on any atom is -0.394 e. The molecule has 1 rings (SSSR count). The Hall–Kier alpha value is -0.160. The number of hydrogen-bond acceptors (Lipinski definition) is 8. The van der Waals surface area contributed by atoms with Gasteiger partial charge in [-0.05, 0) is 22.3 Å². The molecule has 3 N–H and O–H groups in total. The Morgan fingerprint density at radius 2 is 2.08 bits per heavy atom. The van der Waals surface area contributed by atoms with Crippen LogP contribution in [0.2, 0.25) is 0 Å². The number of quaternary nitrogens is 1. The second-order valence-corrected chi connectivity index (χ2v) is 9.63. The number of ketones is 1. The van der Waals surface area contributed by atoms with Crippen LogP contribution >= 0.6 is 29.4 Å². The van der Waals surface area contributed by atoms with Crippen LogP contribution in [0, 0.1) is 0 Å². The van der Waals surface area contributed by atoms with Crippen molar-refractivity contribution in [2.45, 2.75) is 12.2 Å². The van der Waals surface area contributed by atoms with Gasteiger partial charge in [-0.3, -0.25) is 13.8 Å². The summed E-state index contributed by atoms with van der Waals surface area (Å²) in [7, 11) is 3.49. The molecule has 1 aliphatic rings. The summed E-state index contributed by atoms with van der Waals surface area (Å²) >= 11 is 0. The zero-order valence-corrected chi connectivity index (χ0v) is 16.2. The van der Waals surface area contributed by atoms with Crippen molar-refractivity contribution >= 4 is 35.2 Å².